The number of thioether (sulfide) groups is 1. The van der Waals surface area contributed by atoms with Crippen LogP contribution in [0.25, 0.3) is 10.9 Å². The van der Waals surface area contributed by atoms with Crippen LogP contribution in [0.1, 0.15) is 19.8 Å². The first-order chi connectivity index (χ1) is 13.1. The number of hydrogen-bond donors (Lipinski definition) is 1. The summed E-state index contributed by atoms with van der Waals surface area (Å²) in [4.78, 5) is 30.1. The molecule has 4 rings (SSSR count). The number of carbonyl (C=O) groups excluding carboxylic acids is 2. The molecule has 0 bridgehead atoms. The number of nitrogens with one attached hydrogen (secondary N) is 1. The van der Waals surface area contributed by atoms with Gasteiger partial charge in [-0.15, -0.1) is 10.2 Å². The first-order valence-corrected chi connectivity index (χ1v) is 10.3. The molecule has 1 fully saturated rings. The van der Waals surface area contributed by atoms with Crippen molar-refractivity contribution in [1.29, 1.82) is 0 Å². The maximum Gasteiger partial charge on any atom is 0.234 e. The Bertz CT molecular complexity index is 997. The molecule has 1 saturated carbocycles. The third-order valence-corrected chi connectivity index (χ3v) is 6.16. The van der Waals surface area contributed by atoms with Crippen LogP contribution < -0.4 is 10.2 Å². The van der Waals surface area contributed by atoms with Crippen LogP contribution in [0.4, 0.5) is 10.8 Å². The first-order valence-electron chi connectivity index (χ1n) is 8.51. The topological polar surface area (TPSA) is 88.1 Å². The molecule has 1 aliphatic rings. The Balaban J connectivity index is 1.39. The zero-order chi connectivity index (χ0) is 18.8. The van der Waals surface area contributed by atoms with Crippen molar-refractivity contribution in [3.05, 3.63) is 36.5 Å². The van der Waals surface area contributed by atoms with Crippen LogP contribution in [0.5, 0.6) is 0 Å². The van der Waals surface area contributed by atoms with E-state index in [0.717, 1.165) is 29.4 Å². The number of fused-ring (bicyclic) bond motifs is 1. The van der Waals surface area contributed by atoms with Gasteiger partial charge in [-0.05, 0) is 37.1 Å². The van der Waals surface area contributed by atoms with Crippen LogP contribution in [0.3, 0.4) is 0 Å². The van der Waals surface area contributed by atoms with Gasteiger partial charge in [0.2, 0.25) is 16.9 Å². The minimum Gasteiger partial charge on any atom is -0.325 e. The van der Waals surface area contributed by atoms with Gasteiger partial charge < -0.3 is 5.32 Å². The van der Waals surface area contributed by atoms with Crippen LogP contribution >= 0.6 is 23.1 Å². The number of amides is 2. The zero-order valence-electron chi connectivity index (χ0n) is 14.6. The van der Waals surface area contributed by atoms with Crippen LogP contribution in [-0.4, -0.2) is 38.8 Å². The van der Waals surface area contributed by atoms with Gasteiger partial charge in [-0.3, -0.25) is 19.5 Å². The summed E-state index contributed by atoms with van der Waals surface area (Å²) in [5.41, 5.74) is 1.57. The Morgan fingerprint density at radius 1 is 1.26 bits per heavy atom. The minimum absolute atomic E-state index is 0.0208. The van der Waals surface area contributed by atoms with E-state index in [0.29, 0.717) is 9.47 Å². The van der Waals surface area contributed by atoms with E-state index in [4.69, 9.17) is 0 Å². The summed E-state index contributed by atoms with van der Waals surface area (Å²) >= 11 is 2.66. The normalized spacial score (nSPS) is 13.5. The van der Waals surface area contributed by atoms with Crippen molar-refractivity contribution in [2.45, 2.75) is 30.1 Å². The predicted octanol–water partition coefficient (Wildman–Crippen LogP) is 3.33. The fourth-order valence-electron chi connectivity index (χ4n) is 2.76. The lowest BCUT2D eigenvalue weighted by atomic mass is 10.2. The minimum atomic E-state index is -0.126. The molecule has 0 spiro atoms. The monoisotopic (exact) mass is 399 g/mol. The lowest BCUT2D eigenvalue weighted by Gasteiger charge is -2.15. The number of aromatic nitrogens is 3. The van der Waals surface area contributed by atoms with E-state index < -0.39 is 0 Å². The van der Waals surface area contributed by atoms with Crippen molar-refractivity contribution >= 4 is 56.6 Å². The van der Waals surface area contributed by atoms with Crippen LogP contribution in [0.2, 0.25) is 0 Å². The molecule has 7 nitrogen and oxygen atoms in total. The molecule has 0 saturated heterocycles. The molecule has 3 aromatic rings. The van der Waals surface area contributed by atoms with E-state index in [1.54, 1.807) is 18.0 Å². The average Bonchev–Trinajstić information content (AvgIpc) is 3.37. The maximum atomic E-state index is 12.3. The molecule has 0 radical (unpaired) electrons. The van der Waals surface area contributed by atoms with Crippen LogP contribution in [0.15, 0.2) is 40.9 Å². The van der Waals surface area contributed by atoms with E-state index in [1.807, 2.05) is 30.3 Å². The number of nitrogens with zero attached hydrogens (tertiary/aromatic N) is 4. The number of carbonyl (C=O) groups is 2. The second-order valence-corrected chi connectivity index (χ2v) is 8.36. The molecule has 9 heteroatoms. The Morgan fingerprint density at radius 2 is 2.11 bits per heavy atom. The molecule has 2 amide bonds. The van der Waals surface area contributed by atoms with E-state index in [-0.39, 0.29) is 23.6 Å². The number of rotatable bonds is 6. The van der Waals surface area contributed by atoms with E-state index in [1.165, 1.54) is 23.1 Å². The molecule has 0 atom stereocenters. The van der Waals surface area contributed by atoms with Gasteiger partial charge in [-0.1, -0.05) is 29.2 Å². The predicted molar refractivity (Wildman–Crippen MR) is 107 cm³/mol. The Kier molecular flexibility index (Phi) is 5.04. The van der Waals surface area contributed by atoms with E-state index >= 15 is 0 Å². The van der Waals surface area contributed by atoms with Crippen molar-refractivity contribution in [3.8, 4) is 0 Å². The molecule has 138 valence electrons. The highest BCUT2D eigenvalue weighted by Gasteiger charge is 2.34. The molecule has 2 heterocycles. The van der Waals surface area contributed by atoms with Crippen molar-refractivity contribution in [2.24, 2.45) is 0 Å². The van der Waals surface area contributed by atoms with Gasteiger partial charge in [-0.2, -0.15) is 0 Å². The molecule has 1 aromatic carbocycles. The Morgan fingerprint density at radius 3 is 2.89 bits per heavy atom. The van der Waals surface area contributed by atoms with Gasteiger partial charge in [0.25, 0.3) is 0 Å². The number of pyridine rings is 1. The third-order valence-electron chi connectivity index (χ3n) is 4.10. The van der Waals surface area contributed by atoms with Gasteiger partial charge in [0.15, 0.2) is 4.34 Å². The Hall–Kier alpha value is -2.52. The second-order valence-electron chi connectivity index (χ2n) is 6.18. The molecule has 1 N–H and O–H groups in total. The summed E-state index contributed by atoms with van der Waals surface area (Å²) in [7, 11) is 0. The Labute approximate surface area is 164 Å². The van der Waals surface area contributed by atoms with Crippen LogP contribution in [-0.2, 0) is 9.59 Å². The quantitative estimate of drug-likeness (QED) is 0.505. The lowest BCUT2D eigenvalue weighted by molar-refractivity contribution is -0.116. The van der Waals surface area contributed by atoms with Crippen LogP contribution in [0, 0.1) is 0 Å². The fraction of sp³-hybridized carbons (Fsp3) is 0.278. The van der Waals surface area contributed by atoms with Gasteiger partial charge in [-0.25, -0.2) is 0 Å². The summed E-state index contributed by atoms with van der Waals surface area (Å²) in [5, 5.41) is 12.6. The molecule has 27 heavy (non-hydrogen) atoms. The molecular formula is C18H17N5O2S2. The number of benzene rings is 1. The van der Waals surface area contributed by atoms with E-state index in [9.17, 15) is 9.59 Å². The van der Waals surface area contributed by atoms with Gasteiger partial charge in [0.05, 0.1) is 17.0 Å². The molecule has 0 aliphatic heterocycles. The van der Waals surface area contributed by atoms with E-state index in [2.05, 4.69) is 20.5 Å². The highest BCUT2D eigenvalue weighted by molar-refractivity contribution is 8.01. The number of anilines is 2. The van der Waals surface area contributed by atoms with Crippen molar-refractivity contribution in [3.63, 3.8) is 0 Å². The summed E-state index contributed by atoms with van der Waals surface area (Å²) < 4.78 is 0.673. The average molecular weight is 400 g/mol. The van der Waals surface area contributed by atoms with Crippen molar-refractivity contribution in [2.75, 3.05) is 16.0 Å². The molecule has 2 aromatic heterocycles. The van der Waals surface area contributed by atoms with Gasteiger partial charge >= 0.3 is 0 Å². The third kappa shape index (κ3) is 4.09. The molecular weight excluding hydrogens is 382 g/mol. The standard InChI is InChI=1S/C18H17N5O2S2/c1-11(24)23(12-7-8-12)17-21-22-18(27-17)26-10-16(25)20-15-6-2-5-14-13(15)4-3-9-19-14/h2-6,9,12H,7-8,10H2,1H3,(H,20,25). The molecule has 0 unspecified atom stereocenters. The summed E-state index contributed by atoms with van der Waals surface area (Å²) in [5.74, 6) is 0.0700. The summed E-state index contributed by atoms with van der Waals surface area (Å²) in [6.07, 6.45) is 3.73. The summed E-state index contributed by atoms with van der Waals surface area (Å²) in [6, 6.07) is 9.64. The largest absolute Gasteiger partial charge is 0.325 e. The van der Waals surface area contributed by atoms with Crippen molar-refractivity contribution < 1.29 is 9.59 Å². The highest BCUT2D eigenvalue weighted by Crippen LogP contribution is 2.35. The van der Waals surface area contributed by atoms with Gasteiger partial charge in [0, 0.05) is 24.5 Å². The number of hydrogen-bond acceptors (Lipinski definition) is 7. The van der Waals surface area contributed by atoms with Crippen molar-refractivity contribution in [1.82, 2.24) is 15.2 Å². The maximum absolute atomic E-state index is 12.3. The molecule has 1 aliphatic carbocycles. The summed E-state index contributed by atoms with van der Waals surface area (Å²) in [6.45, 7) is 1.54. The van der Waals surface area contributed by atoms with Gasteiger partial charge in [0.1, 0.15) is 0 Å². The smallest absolute Gasteiger partial charge is 0.234 e. The zero-order valence-corrected chi connectivity index (χ0v) is 16.2. The lowest BCUT2D eigenvalue weighted by Crippen LogP contribution is -2.30. The SMILES string of the molecule is CC(=O)N(c1nnc(SCC(=O)Nc2cccc3ncccc23)s1)C1CC1. The first kappa shape index (κ1) is 17.9. The highest BCUT2D eigenvalue weighted by atomic mass is 32.2. The second kappa shape index (κ2) is 7.61. The fourth-order valence-corrected chi connectivity index (χ4v) is 4.52.